The Morgan fingerprint density at radius 2 is 0.271 bits per heavy atom. The summed E-state index contributed by atoms with van der Waals surface area (Å²) in [6, 6.07) is 211. The average Bonchev–Trinajstić information content (AvgIpc) is 0.725. The van der Waals surface area contributed by atoms with E-state index >= 15 is 0 Å². The van der Waals surface area contributed by atoms with Crippen LogP contribution in [0, 0.1) is 0 Å². The predicted molar refractivity (Wildman–Crippen MR) is 613 cm³/mol. The fourth-order valence-electron chi connectivity index (χ4n) is 21.6. The van der Waals surface area contributed by atoms with Crippen LogP contribution in [0.4, 0.5) is 68.2 Å². The lowest BCUT2D eigenvalue weighted by atomic mass is 9.87. The van der Waals surface area contributed by atoms with Gasteiger partial charge in [0.1, 0.15) is 0 Å². The Bertz CT molecular complexity index is 8500. The maximum absolute atomic E-state index is 2.39. The first-order chi connectivity index (χ1) is 71.5. The fourth-order valence-corrected chi connectivity index (χ4v) is 21.6. The van der Waals surface area contributed by atoms with E-state index in [-0.39, 0.29) is 0 Å². The average molecular weight is 1830 g/mol. The first-order valence-corrected chi connectivity index (χ1v) is 49.5. The second kappa shape index (κ2) is 38.4. The van der Waals surface area contributed by atoms with Crippen LogP contribution in [0.1, 0.15) is 0 Å². The van der Waals surface area contributed by atoms with Crippen LogP contribution in [-0.4, -0.2) is 0 Å². The topological polar surface area (TPSA) is 13.0 Å². The maximum Gasteiger partial charge on any atom is 0.0540 e. The summed E-state index contributed by atoms with van der Waals surface area (Å²) in [4.78, 5) is 9.52. The molecule has 0 amide bonds. The normalized spacial score (nSPS) is 11.3. The molecule has 4 heteroatoms. The van der Waals surface area contributed by atoms with Crippen LogP contribution >= 0.6 is 0 Å². The highest BCUT2D eigenvalue weighted by Gasteiger charge is 2.27. The smallest absolute Gasteiger partial charge is 0.0540 e. The van der Waals surface area contributed by atoms with Crippen LogP contribution < -0.4 is 19.6 Å². The van der Waals surface area contributed by atoms with Crippen molar-refractivity contribution in [2.45, 2.75) is 0 Å². The summed E-state index contributed by atoms with van der Waals surface area (Å²) in [6.45, 7) is 0. The third-order valence-electron chi connectivity index (χ3n) is 28.5. The highest BCUT2D eigenvalue weighted by atomic mass is 15.2. The van der Waals surface area contributed by atoms with E-state index in [4.69, 9.17) is 0 Å². The lowest BCUT2D eigenvalue weighted by molar-refractivity contribution is 1.28. The predicted octanol–water partition coefficient (Wildman–Crippen LogP) is 39.7. The van der Waals surface area contributed by atoms with Crippen molar-refractivity contribution >= 4 is 133 Å². The van der Waals surface area contributed by atoms with Crippen molar-refractivity contribution in [3.8, 4) is 111 Å². The molecule has 0 heterocycles. The molecule has 144 heavy (non-hydrogen) atoms. The lowest BCUT2D eigenvalue weighted by Gasteiger charge is -2.28. The first kappa shape index (κ1) is 86.6. The number of hydrogen-bond donors (Lipinski definition) is 0. The van der Waals surface area contributed by atoms with Crippen LogP contribution in [0.2, 0.25) is 0 Å². The van der Waals surface area contributed by atoms with Crippen molar-refractivity contribution in [2.75, 3.05) is 19.6 Å². The summed E-state index contributed by atoms with van der Waals surface area (Å²) in [5.41, 5.74) is 37.1. The molecule has 0 aromatic heterocycles. The second-order valence-electron chi connectivity index (χ2n) is 36.9. The maximum atomic E-state index is 2.39. The molecule has 0 unspecified atom stereocenters. The minimum atomic E-state index is 1.09. The van der Waals surface area contributed by atoms with E-state index in [2.05, 4.69) is 602 Å². The summed E-state index contributed by atoms with van der Waals surface area (Å²) < 4.78 is 0. The Hall–Kier alpha value is -19.0. The molecular formula is C140H96N4. The molecule has 0 aliphatic carbocycles. The molecule has 0 radical (unpaired) electrons. The highest BCUT2D eigenvalue weighted by molar-refractivity contribution is 6.29. The Morgan fingerprint density at radius 3 is 0.514 bits per heavy atom. The Balaban J connectivity index is 0.000000153. The third-order valence-corrected chi connectivity index (χ3v) is 28.5. The highest BCUT2D eigenvalue weighted by Crippen LogP contribution is 2.52. The van der Waals surface area contributed by atoms with Crippen molar-refractivity contribution in [1.82, 2.24) is 0 Å². The van der Waals surface area contributed by atoms with Gasteiger partial charge in [-0.05, 0) is 287 Å². The SMILES string of the molecule is c1ccc(-c2ccc(N(c3ccccc3)c3ccc(-c4ccc5ccc6c(-c7ccc(N(c8ccccc8)c8ccc(-c9ccccc9)cc8-c8ccccc8)cc7)ccc7ccc4c5c76)cc3)c(-c3ccccc3)c2)cc1.c1ccc(-c2ccccc2N(c2ccccc2)c2ccc(-c3ccc4ccc5c(-c6ccc(N(c7ccccc7)c7ccccc7-c7ccccc7)cc6)ccc6ccc3c4c65)cc2)cc1. The summed E-state index contributed by atoms with van der Waals surface area (Å²) >= 11 is 0. The van der Waals surface area contributed by atoms with Gasteiger partial charge in [-0.15, -0.1) is 0 Å². The molecule has 26 aromatic carbocycles. The number of hydrogen-bond acceptors (Lipinski definition) is 4. The molecule has 0 N–H and O–H groups in total. The summed E-state index contributed by atoms with van der Waals surface area (Å²) in [5, 5.41) is 15.2. The first-order valence-electron chi connectivity index (χ1n) is 49.5. The van der Waals surface area contributed by atoms with E-state index in [1.165, 1.54) is 176 Å². The molecular weight excluding hydrogens is 1740 g/mol. The molecule has 676 valence electrons. The van der Waals surface area contributed by atoms with Gasteiger partial charge < -0.3 is 19.6 Å². The Labute approximate surface area is 840 Å². The van der Waals surface area contributed by atoms with Crippen molar-refractivity contribution in [3.05, 3.63) is 582 Å². The number of anilines is 12. The van der Waals surface area contributed by atoms with E-state index in [1.807, 2.05) is 0 Å². The molecule has 26 rings (SSSR count). The fraction of sp³-hybridized carbons (Fsp3) is 0. The zero-order valence-electron chi connectivity index (χ0n) is 79.2. The molecule has 0 atom stereocenters. The van der Waals surface area contributed by atoms with Crippen LogP contribution in [0.25, 0.3) is 176 Å². The minimum Gasteiger partial charge on any atom is -0.310 e. The molecule has 4 nitrogen and oxygen atoms in total. The molecule has 0 spiro atoms. The number of rotatable bonds is 22. The molecule has 0 aliphatic rings. The minimum absolute atomic E-state index is 1.09. The number of nitrogens with zero attached hydrogens (tertiary/aromatic N) is 4. The summed E-state index contributed by atoms with van der Waals surface area (Å²) in [7, 11) is 0. The standard InChI is InChI=1S/C76H52N2.C64H44N2/c1-7-19-53(20-8-1)61-39-49-73(71(51-61)55-23-11-3-12-24-55)77(63-27-15-5-16-28-63)65-41-31-57(32-42-65)67-45-35-59-38-48-70-68(46-36-60-37-47-69(67)75(59)76(60)70)58-33-43-66(44-34-58)78(64-29-17-6-18-30-64)74-50-40-62(54-21-9-2-10-22-54)52-72(74)56-25-13-4-14-26-56;1-5-17-45(18-6-1)57-25-13-15-27-61(57)65(51-21-9-3-10-22-51)53-37-29-47(30-38-53)55-41-33-49-36-44-60-56(42-34-50-35-43-59(55)63(49)64(50)60)48-31-39-54(40-32-48)66(52-23-11-4-12-24-52)62-28-16-14-26-58(62)46-19-7-2-8-20-46/h1-52H;1-44H. The number of para-hydroxylation sites is 6. The molecule has 0 bridgehead atoms. The van der Waals surface area contributed by atoms with Gasteiger partial charge in [0.15, 0.2) is 0 Å². The summed E-state index contributed by atoms with van der Waals surface area (Å²) in [5.74, 6) is 0. The van der Waals surface area contributed by atoms with Crippen LogP contribution in [0.5, 0.6) is 0 Å². The van der Waals surface area contributed by atoms with Crippen molar-refractivity contribution < 1.29 is 0 Å². The van der Waals surface area contributed by atoms with E-state index in [0.717, 1.165) is 68.2 Å². The monoisotopic (exact) mass is 1830 g/mol. The van der Waals surface area contributed by atoms with E-state index in [1.54, 1.807) is 0 Å². The zero-order valence-corrected chi connectivity index (χ0v) is 79.2. The van der Waals surface area contributed by atoms with Gasteiger partial charge in [-0.2, -0.15) is 0 Å². The van der Waals surface area contributed by atoms with Crippen LogP contribution in [0.3, 0.4) is 0 Å². The molecule has 0 aliphatic heterocycles. The van der Waals surface area contributed by atoms with Crippen molar-refractivity contribution in [1.29, 1.82) is 0 Å². The Morgan fingerprint density at radius 1 is 0.0972 bits per heavy atom. The van der Waals surface area contributed by atoms with Gasteiger partial charge in [0, 0.05) is 67.8 Å². The van der Waals surface area contributed by atoms with Gasteiger partial charge in [0.05, 0.1) is 22.7 Å². The molecule has 26 aromatic rings. The van der Waals surface area contributed by atoms with Gasteiger partial charge >= 0.3 is 0 Å². The van der Waals surface area contributed by atoms with Crippen molar-refractivity contribution in [2.24, 2.45) is 0 Å². The van der Waals surface area contributed by atoms with Crippen LogP contribution in [-0.2, 0) is 0 Å². The largest absolute Gasteiger partial charge is 0.310 e. The van der Waals surface area contributed by atoms with E-state index < -0.39 is 0 Å². The number of benzene rings is 26. The summed E-state index contributed by atoms with van der Waals surface area (Å²) in [6.07, 6.45) is 0. The van der Waals surface area contributed by atoms with E-state index in [9.17, 15) is 0 Å². The lowest BCUT2D eigenvalue weighted by Crippen LogP contribution is -2.11. The Kier molecular flexibility index (Phi) is 23.1. The molecule has 0 fully saturated rings. The van der Waals surface area contributed by atoms with Gasteiger partial charge in [0.25, 0.3) is 0 Å². The third kappa shape index (κ3) is 16.5. The molecule has 0 saturated heterocycles. The second-order valence-corrected chi connectivity index (χ2v) is 36.9. The van der Waals surface area contributed by atoms with Gasteiger partial charge in [-0.25, -0.2) is 0 Å². The van der Waals surface area contributed by atoms with Gasteiger partial charge in [-0.3, -0.25) is 0 Å². The van der Waals surface area contributed by atoms with Gasteiger partial charge in [-0.1, -0.05) is 449 Å². The van der Waals surface area contributed by atoms with Crippen LogP contribution in [0.15, 0.2) is 582 Å². The van der Waals surface area contributed by atoms with Crippen molar-refractivity contribution in [3.63, 3.8) is 0 Å². The van der Waals surface area contributed by atoms with Gasteiger partial charge in [0.2, 0.25) is 0 Å². The molecule has 0 saturated carbocycles. The zero-order chi connectivity index (χ0) is 95.6. The quantitative estimate of drug-likeness (QED) is 0.0627. The van der Waals surface area contributed by atoms with E-state index in [0.29, 0.717) is 0 Å².